The van der Waals surface area contributed by atoms with Crippen LogP contribution in [0.3, 0.4) is 0 Å². The fraction of sp³-hybridized carbons (Fsp3) is 0.286. The van der Waals surface area contributed by atoms with E-state index >= 15 is 0 Å². The Kier molecular flexibility index (Phi) is 3.03. The third-order valence-electron chi connectivity index (χ3n) is 1.57. The molecule has 0 amide bonds. The lowest BCUT2D eigenvalue weighted by atomic mass is 10.2. The molecule has 5 nitrogen and oxygen atoms in total. The van der Waals surface area contributed by atoms with Crippen LogP contribution in [0.2, 0.25) is 0 Å². The van der Waals surface area contributed by atoms with Gasteiger partial charge in [0.25, 0.3) is 6.43 Å². The summed E-state index contributed by atoms with van der Waals surface area (Å²) in [4.78, 5) is 12.7. The van der Waals surface area contributed by atoms with Crippen molar-refractivity contribution < 1.29 is 18.8 Å². The van der Waals surface area contributed by atoms with Gasteiger partial charge >= 0.3 is 5.82 Å². The minimum absolute atomic E-state index is 0.366. The molecule has 0 aliphatic rings. The van der Waals surface area contributed by atoms with E-state index in [1.165, 1.54) is 0 Å². The van der Waals surface area contributed by atoms with E-state index in [1.807, 2.05) is 0 Å². The summed E-state index contributed by atoms with van der Waals surface area (Å²) < 4.78 is 24.5. The Labute approximate surface area is 77.2 Å². The van der Waals surface area contributed by atoms with Crippen LogP contribution in [0.1, 0.15) is 17.7 Å². The Morgan fingerprint density at radius 2 is 2.21 bits per heavy atom. The molecule has 0 bridgehead atoms. The predicted octanol–water partition coefficient (Wildman–Crippen LogP) is 1.42. The Bertz CT molecular complexity index is 357. The van der Waals surface area contributed by atoms with Gasteiger partial charge in [-0.1, -0.05) is 0 Å². The van der Waals surface area contributed by atoms with Crippen LogP contribution in [0, 0.1) is 10.1 Å². The van der Waals surface area contributed by atoms with Gasteiger partial charge < -0.3 is 15.2 Å². The number of rotatable bonds is 3. The van der Waals surface area contributed by atoms with Gasteiger partial charge in [0.1, 0.15) is 6.61 Å². The number of halogens is 2. The maximum Gasteiger partial charge on any atom is 0.363 e. The standard InChI is InChI=1S/C7H6F2N2O3/c8-7(9)4-1-2-6(11(13)14)10-5(4)3-12/h1-2,7,12H,3H2. The molecule has 0 radical (unpaired) electrons. The van der Waals surface area contributed by atoms with Crippen molar-refractivity contribution in [3.8, 4) is 0 Å². The lowest BCUT2D eigenvalue weighted by Crippen LogP contribution is -2.01. The van der Waals surface area contributed by atoms with Crippen LogP contribution in [0.25, 0.3) is 0 Å². The first-order valence-electron chi connectivity index (χ1n) is 3.59. The van der Waals surface area contributed by atoms with Gasteiger partial charge in [-0.05, 0) is 16.0 Å². The quantitative estimate of drug-likeness (QED) is 0.596. The summed E-state index contributed by atoms with van der Waals surface area (Å²) in [6, 6.07) is 1.77. The topological polar surface area (TPSA) is 76.3 Å². The number of hydrogen-bond acceptors (Lipinski definition) is 4. The molecule has 0 fully saturated rings. The van der Waals surface area contributed by atoms with E-state index in [0.29, 0.717) is 0 Å². The molecule has 7 heteroatoms. The highest BCUT2D eigenvalue weighted by molar-refractivity contribution is 5.29. The summed E-state index contributed by atoms with van der Waals surface area (Å²) >= 11 is 0. The van der Waals surface area contributed by atoms with Crippen LogP contribution >= 0.6 is 0 Å². The highest BCUT2D eigenvalue weighted by atomic mass is 19.3. The number of alkyl halides is 2. The van der Waals surface area contributed by atoms with Crippen molar-refractivity contribution in [1.29, 1.82) is 0 Å². The number of aromatic nitrogens is 1. The lowest BCUT2D eigenvalue weighted by molar-refractivity contribution is -0.389. The van der Waals surface area contributed by atoms with Crippen molar-refractivity contribution >= 4 is 5.82 Å². The zero-order valence-electron chi connectivity index (χ0n) is 6.85. The molecule has 1 rings (SSSR count). The van der Waals surface area contributed by atoms with Gasteiger partial charge in [-0.3, -0.25) is 0 Å². The van der Waals surface area contributed by atoms with Gasteiger partial charge in [0.15, 0.2) is 5.69 Å². The molecular formula is C7H6F2N2O3. The largest absolute Gasteiger partial charge is 0.388 e. The molecule has 0 saturated heterocycles. The molecule has 0 spiro atoms. The second-order valence-electron chi connectivity index (χ2n) is 2.42. The molecule has 1 N–H and O–H groups in total. The van der Waals surface area contributed by atoms with Gasteiger partial charge in [0.05, 0.1) is 5.56 Å². The number of pyridine rings is 1. The minimum Gasteiger partial charge on any atom is -0.388 e. The molecule has 1 heterocycles. The fourth-order valence-corrected chi connectivity index (χ4v) is 0.928. The minimum atomic E-state index is -2.80. The van der Waals surface area contributed by atoms with Crippen LogP contribution < -0.4 is 0 Å². The van der Waals surface area contributed by atoms with E-state index in [-0.39, 0.29) is 5.69 Å². The van der Waals surface area contributed by atoms with E-state index in [2.05, 4.69) is 4.98 Å². The summed E-state index contributed by atoms with van der Waals surface area (Å²) in [5.41, 5.74) is -0.854. The van der Waals surface area contributed by atoms with E-state index < -0.39 is 29.3 Å². The van der Waals surface area contributed by atoms with E-state index in [4.69, 9.17) is 5.11 Å². The van der Waals surface area contributed by atoms with E-state index in [9.17, 15) is 18.9 Å². The maximum atomic E-state index is 12.2. The van der Waals surface area contributed by atoms with Crippen molar-refractivity contribution in [1.82, 2.24) is 4.98 Å². The normalized spacial score (nSPS) is 10.6. The van der Waals surface area contributed by atoms with Gasteiger partial charge in [-0.2, -0.15) is 0 Å². The smallest absolute Gasteiger partial charge is 0.363 e. The van der Waals surface area contributed by atoms with Gasteiger partial charge in [-0.15, -0.1) is 0 Å². The average molecular weight is 204 g/mol. The van der Waals surface area contributed by atoms with Gasteiger partial charge in [0.2, 0.25) is 0 Å². The summed E-state index contributed by atoms with van der Waals surface area (Å²) in [5.74, 6) is -0.557. The maximum absolute atomic E-state index is 12.2. The van der Waals surface area contributed by atoms with Gasteiger partial charge in [0, 0.05) is 6.07 Å². The van der Waals surface area contributed by atoms with Crippen molar-refractivity contribution in [3.63, 3.8) is 0 Å². The molecule has 1 aromatic rings. The molecule has 0 aromatic carbocycles. The van der Waals surface area contributed by atoms with Crippen LogP contribution in [0.15, 0.2) is 12.1 Å². The van der Waals surface area contributed by atoms with Crippen LogP contribution in [0.4, 0.5) is 14.6 Å². The molecule has 0 aliphatic heterocycles. The molecule has 0 atom stereocenters. The van der Waals surface area contributed by atoms with Crippen molar-refractivity contribution in [2.24, 2.45) is 0 Å². The first kappa shape index (κ1) is 10.5. The van der Waals surface area contributed by atoms with Crippen molar-refractivity contribution in [3.05, 3.63) is 33.5 Å². The molecular weight excluding hydrogens is 198 g/mol. The van der Waals surface area contributed by atoms with Crippen LogP contribution in [0.5, 0.6) is 0 Å². The first-order chi connectivity index (χ1) is 6.56. The third kappa shape index (κ3) is 1.99. The van der Waals surface area contributed by atoms with Crippen molar-refractivity contribution in [2.75, 3.05) is 0 Å². The van der Waals surface area contributed by atoms with Crippen LogP contribution in [-0.4, -0.2) is 15.0 Å². The molecule has 0 saturated carbocycles. The van der Waals surface area contributed by atoms with Gasteiger partial charge in [-0.25, -0.2) is 8.78 Å². The predicted molar refractivity (Wildman–Crippen MR) is 41.8 cm³/mol. The third-order valence-corrected chi connectivity index (χ3v) is 1.57. The number of nitrogens with zero attached hydrogens (tertiary/aromatic N) is 2. The van der Waals surface area contributed by atoms with E-state index in [0.717, 1.165) is 12.1 Å². The van der Waals surface area contributed by atoms with Crippen LogP contribution in [-0.2, 0) is 6.61 Å². The molecule has 1 aromatic heterocycles. The summed E-state index contributed by atoms with van der Waals surface area (Å²) in [6.07, 6.45) is -2.80. The molecule has 14 heavy (non-hydrogen) atoms. The Hall–Kier alpha value is -1.63. The summed E-state index contributed by atoms with van der Waals surface area (Å²) in [6.45, 7) is -0.749. The number of aliphatic hydroxyl groups excluding tert-OH is 1. The van der Waals surface area contributed by atoms with E-state index in [1.54, 1.807) is 0 Å². The summed E-state index contributed by atoms with van der Waals surface area (Å²) in [7, 11) is 0. The zero-order valence-corrected chi connectivity index (χ0v) is 6.85. The summed E-state index contributed by atoms with van der Waals surface area (Å²) in [5, 5.41) is 18.9. The first-order valence-corrected chi connectivity index (χ1v) is 3.59. The number of aliphatic hydroxyl groups is 1. The molecule has 0 unspecified atom stereocenters. The second-order valence-corrected chi connectivity index (χ2v) is 2.42. The molecule has 0 aliphatic carbocycles. The highest BCUT2D eigenvalue weighted by Gasteiger charge is 2.20. The SMILES string of the molecule is O=[N+]([O-])c1ccc(C(F)F)c(CO)n1. The fourth-order valence-electron chi connectivity index (χ4n) is 0.928. The second kappa shape index (κ2) is 4.05. The number of hydrogen-bond donors (Lipinski definition) is 1. The monoisotopic (exact) mass is 204 g/mol. The highest BCUT2D eigenvalue weighted by Crippen LogP contribution is 2.23. The Morgan fingerprint density at radius 1 is 1.57 bits per heavy atom. The molecule has 76 valence electrons. The Balaban J connectivity index is 3.18. The van der Waals surface area contributed by atoms with Crippen molar-refractivity contribution in [2.45, 2.75) is 13.0 Å². The Morgan fingerprint density at radius 3 is 2.64 bits per heavy atom. The lowest BCUT2D eigenvalue weighted by Gasteiger charge is -2.01. The average Bonchev–Trinajstić information content (AvgIpc) is 2.16. The number of nitro groups is 1. The zero-order chi connectivity index (χ0) is 10.7.